The second-order valence-electron chi connectivity index (χ2n) is 13.0. The lowest BCUT2D eigenvalue weighted by Crippen LogP contribution is -2.65. The third-order valence-corrected chi connectivity index (χ3v) is 8.77. The van der Waals surface area contributed by atoms with E-state index >= 15 is 0 Å². The van der Waals surface area contributed by atoms with Gasteiger partial charge in [-0.15, -0.1) is 0 Å². The summed E-state index contributed by atoms with van der Waals surface area (Å²) in [5.74, 6) is 0.971. The number of rotatable bonds is 4. The van der Waals surface area contributed by atoms with E-state index in [1.165, 1.54) is 5.56 Å². The van der Waals surface area contributed by atoms with Gasteiger partial charge < -0.3 is 19.4 Å². The summed E-state index contributed by atoms with van der Waals surface area (Å²) in [5, 5.41) is 10.6. The maximum Gasteiger partial charge on any atom is 0.410 e. The molecule has 3 aliphatic rings. The van der Waals surface area contributed by atoms with Gasteiger partial charge in [-0.25, -0.2) is 9.78 Å². The molecule has 0 aliphatic carbocycles. The van der Waals surface area contributed by atoms with Gasteiger partial charge in [0.25, 0.3) is 0 Å². The van der Waals surface area contributed by atoms with Crippen LogP contribution >= 0.6 is 0 Å². The molecule has 0 unspecified atom stereocenters. The summed E-state index contributed by atoms with van der Waals surface area (Å²) in [7, 11) is 0. The fourth-order valence-electron chi connectivity index (χ4n) is 6.73. The molecule has 6 rings (SSSR count). The first-order valence-electron chi connectivity index (χ1n) is 15.4. The number of ether oxygens (including phenoxy) is 1. The van der Waals surface area contributed by atoms with Crippen LogP contribution in [0.5, 0.6) is 0 Å². The van der Waals surface area contributed by atoms with E-state index in [1.807, 2.05) is 39.1 Å². The van der Waals surface area contributed by atoms with Crippen LogP contribution in [0.15, 0.2) is 48.8 Å². The summed E-state index contributed by atoms with van der Waals surface area (Å²) in [5.41, 5.74) is 3.34. The Hall–Kier alpha value is -3.94. The molecular weight excluding hydrogens is 540 g/mol. The first-order chi connectivity index (χ1) is 20.7. The van der Waals surface area contributed by atoms with Crippen LogP contribution < -0.4 is 9.80 Å². The number of hydrogen-bond donors (Lipinski definition) is 0. The molecule has 2 atom stereocenters. The van der Waals surface area contributed by atoms with Crippen LogP contribution in [0.2, 0.25) is 0 Å². The van der Waals surface area contributed by atoms with Crippen molar-refractivity contribution in [1.29, 1.82) is 5.26 Å². The third-order valence-electron chi connectivity index (χ3n) is 8.77. The molecule has 5 heterocycles. The number of amides is 1. The van der Waals surface area contributed by atoms with Crippen molar-refractivity contribution in [2.24, 2.45) is 0 Å². The Morgan fingerprint density at radius 2 is 1.79 bits per heavy atom. The summed E-state index contributed by atoms with van der Waals surface area (Å²) >= 11 is 0. The van der Waals surface area contributed by atoms with E-state index in [0.717, 1.165) is 74.8 Å². The van der Waals surface area contributed by atoms with Crippen molar-refractivity contribution in [1.82, 2.24) is 24.7 Å². The topological polar surface area (TPSA) is 92.1 Å². The molecule has 0 radical (unpaired) electrons. The molecule has 3 saturated heterocycles. The van der Waals surface area contributed by atoms with Gasteiger partial charge in [0.1, 0.15) is 17.5 Å². The van der Waals surface area contributed by atoms with E-state index in [0.29, 0.717) is 30.7 Å². The number of nitrogens with zero attached hydrogens (tertiary/aromatic N) is 8. The number of fused-ring (bicyclic) bond motifs is 2. The number of hydrogen-bond acceptors (Lipinski definition) is 9. The average molecular weight is 583 g/mol. The molecule has 43 heavy (non-hydrogen) atoms. The lowest BCUT2D eigenvalue weighted by molar-refractivity contribution is 0.0240. The lowest BCUT2D eigenvalue weighted by Gasteiger charge is -2.51. The summed E-state index contributed by atoms with van der Waals surface area (Å²) in [6, 6.07) is 15.5. The number of carbonyl (C=O) groups is 1. The van der Waals surface area contributed by atoms with Crippen molar-refractivity contribution in [3.8, 4) is 6.07 Å². The minimum atomic E-state index is -0.487. The SMILES string of the molecule is C[C@@H]1CN(c2ccc(C#N)c3ncccc23)C[C@@H]2CN(Cc3ccnc(N4CCN(C(=O)OC(C)(C)C)CC4)c3)CCN21. The number of benzene rings is 1. The summed E-state index contributed by atoms with van der Waals surface area (Å²) < 4.78 is 5.55. The van der Waals surface area contributed by atoms with Gasteiger partial charge in [-0.2, -0.15) is 5.26 Å². The predicted octanol–water partition coefficient (Wildman–Crippen LogP) is 3.95. The predicted molar refractivity (Wildman–Crippen MR) is 168 cm³/mol. The van der Waals surface area contributed by atoms with Gasteiger partial charge in [-0.1, -0.05) is 0 Å². The Morgan fingerprint density at radius 1 is 0.977 bits per heavy atom. The highest BCUT2D eigenvalue weighted by Gasteiger charge is 2.37. The summed E-state index contributed by atoms with van der Waals surface area (Å²) in [4.78, 5) is 33.5. The number of anilines is 2. The first-order valence-corrected chi connectivity index (χ1v) is 15.4. The number of pyridine rings is 2. The smallest absolute Gasteiger partial charge is 0.410 e. The Kier molecular flexibility index (Phi) is 8.12. The molecule has 0 bridgehead atoms. The maximum atomic E-state index is 12.5. The van der Waals surface area contributed by atoms with Crippen LogP contribution in [0, 0.1) is 11.3 Å². The zero-order chi connectivity index (χ0) is 30.1. The lowest BCUT2D eigenvalue weighted by atomic mass is 10.0. The van der Waals surface area contributed by atoms with Crippen LogP contribution in [-0.2, 0) is 11.3 Å². The van der Waals surface area contributed by atoms with Gasteiger partial charge >= 0.3 is 6.09 Å². The summed E-state index contributed by atoms with van der Waals surface area (Å²) in [6.07, 6.45) is 3.43. The Labute approximate surface area is 254 Å². The second-order valence-corrected chi connectivity index (χ2v) is 13.0. The maximum absolute atomic E-state index is 12.5. The molecule has 3 aromatic rings. The highest BCUT2D eigenvalue weighted by Crippen LogP contribution is 2.32. The van der Waals surface area contributed by atoms with Crippen molar-refractivity contribution in [2.45, 2.75) is 51.9 Å². The van der Waals surface area contributed by atoms with Crippen LogP contribution in [-0.4, -0.2) is 107 Å². The molecule has 10 nitrogen and oxygen atoms in total. The van der Waals surface area contributed by atoms with Gasteiger partial charge in [-0.3, -0.25) is 14.8 Å². The van der Waals surface area contributed by atoms with E-state index in [1.54, 1.807) is 11.1 Å². The monoisotopic (exact) mass is 582 g/mol. The van der Waals surface area contributed by atoms with Crippen molar-refractivity contribution in [3.63, 3.8) is 0 Å². The minimum Gasteiger partial charge on any atom is -0.444 e. The second kappa shape index (κ2) is 12.0. The molecule has 1 amide bonds. The quantitative estimate of drug-likeness (QED) is 0.453. The molecule has 0 N–H and O–H groups in total. The molecule has 0 spiro atoms. The molecule has 3 fully saturated rings. The third kappa shape index (κ3) is 6.38. The van der Waals surface area contributed by atoms with Gasteiger partial charge in [0.2, 0.25) is 0 Å². The van der Waals surface area contributed by atoms with Gasteiger partial charge in [0, 0.05) is 101 Å². The van der Waals surface area contributed by atoms with E-state index in [2.05, 4.69) is 66.8 Å². The molecule has 2 aromatic heterocycles. The number of aromatic nitrogens is 2. The molecule has 0 saturated carbocycles. The van der Waals surface area contributed by atoms with E-state index in [9.17, 15) is 10.1 Å². The summed E-state index contributed by atoms with van der Waals surface area (Å²) in [6.45, 7) is 16.6. The molecule has 226 valence electrons. The molecular formula is C33H42N8O2. The van der Waals surface area contributed by atoms with Crippen LogP contribution in [0.4, 0.5) is 16.3 Å². The minimum absolute atomic E-state index is 0.243. The van der Waals surface area contributed by atoms with E-state index < -0.39 is 5.60 Å². The van der Waals surface area contributed by atoms with E-state index in [-0.39, 0.29) is 6.09 Å². The van der Waals surface area contributed by atoms with Crippen LogP contribution in [0.1, 0.15) is 38.8 Å². The standard InChI is InChI=1S/C33H42N8O2/c1-24-20-40(29-8-7-26(19-34)31-28(29)6-5-10-36-31)23-27-22-37(12-17-41(24)27)21-25-9-11-35-30(18-25)38-13-15-39(16-14-38)32(42)43-33(2,3)4/h5-11,18,24,27H,12-17,20-23H2,1-4H3/t24-,27+/m1/s1. The molecule has 3 aliphatic heterocycles. The number of carbonyl (C=O) groups excluding carboxylic acids is 1. The zero-order valence-electron chi connectivity index (χ0n) is 25.7. The molecule has 1 aromatic carbocycles. The van der Waals surface area contributed by atoms with Crippen LogP contribution in [0.3, 0.4) is 0 Å². The Bertz CT molecular complexity index is 1510. The normalized spacial score (nSPS) is 21.9. The Morgan fingerprint density at radius 3 is 2.56 bits per heavy atom. The largest absolute Gasteiger partial charge is 0.444 e. The number of piperazine rings is 3. The van der Waals surface area contributed by atoms with Crippen molar-refractivity contribution >= 4 is 28.5 Å². The fourth-order valence-corrected chi connectivity index (χ4v) is 6.73. The highest BCUT2D eigenvalue weighted by molar-refractivity contribution is 5.95. The fraction of sp³-hybridized carbons (Fsp3) is 0.515. The Balaban J connectivity index is 1.10. The average Bonchev–Trinajstić information content (AvgIpc) is 2.99. The highest BCUT2D eigenvalue weighted by atomic mass is 16.6. The van der Waals surface area contributed by atoms with E-state index in [4.69, 9.17) is 4.74 Å². The first kappa shape index (κ1) is 29.1. The van der Waals surface area contributed by atoms with Gasteiger partial charge in [-0.05, 0) is 69.7 Å². The van der Waals surface area contributed by atoms with Gasteiger partial charge in [0.15, 0.2) is 0 Å². The van der Waals surface area contributed by atoms with Crippen LogP contribution in [0.25, 0.3) is 10.9 Å². The molecule has 10 heteroatoms. The zero-order valence-corrected chi connectivity index (χ0v) is 25.7. The van der Waals surface area contributed by atoms with Crippen molar-refractivity contribution in [2.75, 3.05) is 68.7 Å². The van der Waals surface area contributed by atoms with Gasteiger partial charge in [0.05, 0.1) is 11.1 Å². The number of nitriles is 1. The van der Waals surface area contributed by atoms with Crippen molar-refractivity contribution < 1.29 is 9.53 Å². The van der Waals surface area contributed by atoms with Crippen molar-refractivity contribution in [3.05, 3.63) is 59.9 Å².